The summed E-state index contributed by atoms with van der Waals surface area (Å²) in [5.41, 5.74) is 1.62. The average Bonchev–Trinajstić information content (AvgIpc) is 2.99. The number of carbonyl (C=O) groups is 2. The molecule has 3 rings (SSSR count). The lowest BCUT2D eigenvalue weighted by molar-refractivity contribution is -0.141. The summed E-state index contributed by atoms with van der Waals surface area (Å²) in [5, 5.41) is 16.3. The second-order valence-electron chi connectivity index (χ2n) is 5.59. The molecule has 6 nitrogen and oxygen atoms in total. The van der Waals surface area contributed by atoms with E-state index in [2.05, 4.69) is 10.5 Å². The molecule has 1 atom stereocenters. The lowest BCUT2D eigenvalue weighted by Crippen LogP contribution is -2.43. The van der Waals surface area contributed by atoms with Gasteiger partial charge in [-0.25, -0.2) is 9.18 Å². The lowest BCUT2D eigenvalue weighted by Gasteiger charge is -2.14. The van der Waals surface area contributed by atoms with Crippen LogP contribution in [0.3, 0.4) is 0 Å². The number of carbonyl (C=O) groups excluding carboxylic acids is 1. The summed E-state index contributed by atoms with van der Waals surface area (Å²) >= 11 is 0. The normalized spacial score (nSPS) is 12.0. The summed E-state index contributed by atoms with van der Waals surface area (Å²) in [7, 11) is 0. The zero-order valence-corrected chi connectivity index (χ0v) is 13.1. The van der Waals surface area contributed by atoms with E-state index >= 15 is 0 Å². The standard InChI is InChI=1S/C18H15FN2O4/c19-12-7-5-11(6-8-12)9-15(18(23)24)20-17(22)10-14-13-3-1-2-4-16(13)25-21-14/h1-8,15H,9-10H2,(H,20,22)(H,23,24)/t15-/m0/s1. The number of amides is 1. The highest BCUT2D eigenvalue weighted by Crippen LogP contribution is 2.18. The van der Waals surface area contributed by atoms with Crippen LogP contribution in [0.25, 0.3) is 11.0 Å². The summed E-state index contributed by atoms with van der Waals surface area (Å²) in [6.07, 6.45) is -0.0366. The number of halogens is 1. The second-order valence-corrected chi connectivity index (χ2v) is 5.59. The van der Waals surface area contributed by atoms with Crippen LogP contribution in [0.15, 0.2) is 53.1 Å². The van der Waals surface area contributed by atoms with E-state index in [4.69, 9.17) is 4.52 Å². The molecule has 0 saturated carbocycles. The number of benzene rings is 2. The number of carboxylic acids is 1. The van der Waals surface area contributed by atoms with Crippen molar-refractivity contribution in [2.75, 3.05) is 0 Å². The molecule has 1 aromatic heterocycles. The molecule has 25 heavy (non-hydrogen) atoms. The average molecular weight is 342 g/mol. The molecule has 0 aliphatic heterocycles. The Morgan fingerprint density at radius 1 is 1.16 bits per heavy atom. The molecule has 0 unspecified atom stereocenters. The molecule has 0 bridgehead atoms. The monoisotopic (exact) mass is 342 g/mol. The van der Waals surface area contributed by atoms with E-state index in [-0.39, 0.29) is 12.8 Å². The summed E-state index contributed by atoms with van der Waals surface area (Å²) < 4.78 is 18.1. The number of carboxylic acid groups (broad SMARTS) is 1. The van der Waals surface area contributed by atoms with Crippen LogP contribution in [0, 0.1) is 5.82 Å². The minimum absolute atomic E-state index is 0.0565. The van der Waals surface area contributed by atoms with Crippen LogP contribution < -0.4 is 5.32 Å². The number of aromatic nitrogens is 1. The molecule has 1 heterocycles. The van der Waals surface area contributed by atoms with E-state index in [1.54, 1.807) is 24.3 Å². The van der Waals surface area contributed by atoms with Crippen LogP contribution in [-0.4, -0.2) is 28.2 Å². The highest BCUT2D eigenvalue weighted by atomic mass is 19.1. The third-order valence-corrected chi connectivity index (χ3v) is 3.77. The molecule has 0 radical (unpaired) electrons. The van der Waals surface area contributed by atoms with Gasteiger partial charge in [0, 0.05) is 11.8 Å². The number of hydrogen-bond acceptors (Lipinski definition) is 4. The summed E-state index contributed by atoms with van der Waals surface area (Å²) in [6.45, 7) is 0. The Bertz CT molecular complexity index is 905. The molecule has 3 aromatic rings. The Morgan fingerprint density at radius 3 is 2.60 bits per heavy atom. The first kappa shape index (κ1) is 16.6. The van der Waals surface area contributed by atoms with Crippen LogP contribution in [0.4, 0.5) is 4.39 Å². The SMILES string of the molecule is O=C(Cc1noc2ccccc12)N[C@@H](Cc1ccc(F)cc1)C(=O)O. The van der Waals surface area contributed by atoms with Gasteiger partial charge >= 0.3 is 5.97 Å². The van der Waals surface area contributed by atoms with Gasteiger partial charge in [0.1, 0.15) is 17.6 Å². The van der Waals surface area contributed by atoms with E-state index in [0.717, 1.165) is 0 Å². The minimum Gasteiger partial charge on any atom is -0.480 e. The van der Waals surface area contributed by atoms with Gasteiger partial charge in [-0.2, -0.15) is 0 Å². The van der Waals surface area contributed by atoms with Crippen molar-refractivity contribution >= 4 is 22.8 Å². The molecule has 0 aliphatic carbocycles. The Hall–Kier alpha value is -3.22. The topological polar surface area (TPSA) is 92.4 Å². The van der Waals surface area contributed by atoms with Crippen LogP contribution >= 0.6 is 0 Å². The lowest BCUT2D eigenvalue weighted by atomic mass is 10.1. The maximum absolute atomic E-state index is 12.9. The highest BCUT2D eigenvalue weighted by molar-refractivity contribution is 5.88. The third-order valence-electron chi connectivity index (χ3n) is 3.77. The summed E-state index contributed by atoms with van der Waals surface area (Å²) in [4.78, 5) is 23.6. The molecule has 0 saturated heterocycles. The fourth-order valence-electron chi connectivity index (χ4n) is 2.52. The first-order chi connectivity index (χ1) is 12.0. The van der Waals surface area contributed by atoms with Crippen molar-refractivity contribution in [3.8, 4) is 0 Å². The minimum atomic E-state index is -1.16. The molecule has 0 spiro atoms. The van der Waals surface area contributed by atoms with Crippen molar-refractivity contribution in [2.45, 2.75) is 18.9 Å². The van der Waals surface area contributed by atoms with Crippen LogP contribution in [-0.2, 0) is 22.4 Å². The van der Waals surface area contributed by atoms with Gasteiger partial charge in [-0.05, 0) is 29.8 Å². The van der Waals surface area contributed by atoms with Crippen LogP contribution in [0.5, 0.6) is 0 Å². The van der Waals surface area contributed by atoms with Gasteiger partial charge in [-0.15, -0.1) is 0 Å². The molecule has 2 N–H and O–H groups in total. The maximum atomic E-state index is 12.9. The smallest absolute Gasteiger partial charge is 0.326 e. The molecule has 1 amide bonds. The quantitative estimate of drug-likeness (QED) is 0.717. The van der Waals surface area contributed by atoms with E-state index in [1.807, 2.05) is 0 Å². The summed E-state index contributed by atoms with van der Waals surface area (Å²) in [6, 6.07) is 11.5. The predicted molar refractivity (Wildman–Crippen MR) is 87.4 cm³/mol. The van der Waals surface area contributed by atoms with Gasteiger partial charge in [-0.1, -0.05) is 29.4 Å². The second kappa shape index (κ2) is 7.12. The van der Waals surface area contributed by atoms with Crippen LogP contribution in [0.2, 0.25) is 0 Å². The molecule has 0 fully saturated rings. The number of aliphatic carboxylic acids is 1. The number of para-hydroxylation sites is 1. The number of fused-ring (bicyclic) bond motifs is 1. The van der Waals surface area contributed by atoms with Crippen molar-refractivity contribution in [2.24, 2.45) is 0 Å². The van der Waals surface area contributed by atoms with Crippen LogP contribution in [0.1, 0.15) is 11.3 Å². The van der Waals surface area contributed by atoms with Crippen molar-refractivity contribution < 1.29 is 23.6 Å². The Kier molecular flexibility index (Phi) is 4.74. The predicted octanol–water partition coefficient (Wildman–Crippen LogP) is 2.32. The van der Waals surface area contributed by atoms with Crippen molar-refractivity contribution in [3.63, 3.8) is 0 Å². The van der Waals surface area contributed by atoms with Gasteiger partial charge < -0.3 is 14.9 Å². The number of nitrogens with zero attached hydrogens (tertiary/aromatic N) is 1. The maximum Gasteiger partial charge on any atom is 0.326 e. The Labute approximate surface area is 142 Å². The molecule has 128 valence electrons. The molecule has 2 aromatic carbocycles. The zero-order chi connectivity index (χ0) is 17.8. The first-order valence-electron chi connectivity index (χ1n) is 7.63. The first-order valence-corrected chi connectivity index (χ1v) is 7.63. The number of nitrogens with one attached hydrogen (secondary N) is 1. The van der Waals surface area contributed by atoms with Gasteiger partial charge in [0.2, 0.25) is 5.91 Å². The Morgan fingerprint density at radius 2 is 1.88 bits per heavy atom. The number of rotatable bonds is 6. The van der Waals surface area contributed by atoms with E-state index in [1.165, 1.54) is 24.3 Å². The van der Waals surface area contributed by atoms with E-state index in [0.29, 0.717) is 22.2 Å². The zero-order valence-electron chi connectivity index (χ0n) is 13.1. The largest absolute Gasteiger partial charge is 0.480 e. The van der Waals surface area contributed by atoms with Gasteiger partial charge in [-0.3, -0.25) is 4.79 Å². The Balaban J connectivity index is 1.68. The van der Waals surface area contributed by atoms with E-state index in [9.17, 15) is 19.1 Å². The fourth-order valence-corrected chi connectivity index (χ4v) is 2.52. The van der Waals surface area contributed by atoms with Crippen molar-refractivity contribution in [1.29, 1.82) is 0 Å². The van der Waals surface area contributed by atoms with Crippen molar-refractivity contribution in [1.82, 2.24) is 10.5 Å². The number of hydrogen-bond donors (Lipinski definition) is 2. The van der Waals surface area contributed by atoms with Gasteiger partial charge in [0.05, 0.1) is 6.42 Å². The molecule has 7 heteroatoms. The molecule has 0 aliphatic rings. The summed E-state index contributed by atoms with van der Waals surface area (Å²) in [5.74, 6) is -2.05. The van der Waals surface area contributed by atoms with Crippen molar-refractivity contribution in [3.05, 3.63) is 65.6 Å². The fraction of sp³-hybridized carbons (Fsp3) is 0.167. The third kappa shape index (κ3) is 4.00. The molecular weight excluding hydrogens is 327 g/mol. The highest BCUT2D eigenvalue weighted by Gasteiger charge is 2.22. The van der Waals surface area contributed by atoms with Gasteiger partial charge in [0.25, 0.3) is 0 Å². The van der Waals surface area contributed by atoms with E-state index < -0.39 is 23.7 Å². The molecular formula is C18H15FN2O4. The van der Waals surface area contributed by atoms with Gasteiger partial charge in [0.15, 0.2) is 5.58 Å².